The third-order valence-corrected chi connectivity index (χ3v) is 2.82. The van der Waals surface area contributed by atoms with E-state index in [1.165, 1.54) is 20.8 Å². The minimum absolute atomic E-state index is 0.00537. The topological polar surface area (TPSA) is 46.6 Å². The van der Waals surface area contributed by atoms with Gasteiger partial charge in [-0.2, -0.15) is 22.0 Å². The number of rotatable bonds is 2. The van der Waals surface area contributed by atoms with Gasteiger partial charge in [0.2, 0.25) is 0 Å². The molecule has 1 heterocycles. The zero-order chi connectivity index (χ0) is 16.6. The third-order valence-electron chi connectivity index (χ3n) is 2.82. The lowest BCUT2D eigenvalue weighted by atomic mass is 10.1. The smallest absolute Gasteiger partial charge is 0.458 e. The molecule has 1 saturated heterocycles. The SMILES string of the molecule is CC(C)(C)OC(=O)[C@@H]1CCCN1C(=O)C(F)(F)C(F)(F)F. The summed E-state index contributed by atoms with van der Waals surface area (Å²) in [5.41, 5.74) is -0.930. The quantitative estimate of drug-likeness (QED) is 0.581. The zero-order valence-corrected chi connectivity index (χ0v) is 11.8. The van der Waals surface area contributed by atoms with Crippen LogP contribution in [-0.2, 0) is 14.3 Å². The van der Waals surface area contributed by atoms with Crippen LogP contribution in [0.3, 0.4) is 0 Å². The fourth-order valence-electron chi connectivity index (χ4n) is 1.93. The van der Waals surface area contributed by atoms with Crippen molar-refractivity contribution in [1.29, 1.82) is 0 Å². The Kier molecular flexibility index (Phi) is 4.55. The van der Waals surface area contributed by atoms with Crippen LogP contribution in [0.2, 0.25) is 0 Å². The molecule has 1 rings (SSSR count). The van der Waals surface area contributed by atoms with Gasteiger partial charge in [-0.1, -0.05) is 0 Å². The number of carbonyl (C=O) groups is 2. The predicted octanol–water partition coefficient (Wildman–Crippen LogP) is 2.52. The van der Waals surface area contributed by atoms with Gasteiger partial charge in [0.25, 0.3) is 0 Å². The van der Waals surface area contributed by atoms with E-state index in [1.807, 2.05) is 0 Å². The second-order valence-corrected chi connectivity index (χ2v) is 5.76. The minimum Gasteiger partial charge on any atom is -0.458 e. The maximum absolute atomic E-state index is 13.1. The van der Waals surface area contributed by atoms with Crippen LogP contribution < -0.4 is 0 Å². The zero-order valence-electron chi connectivity index (χ0n) is 11.8. The van der Waals surface area contributed by atoms with Crippen LogP contribution >= 0.6 is 0 Å². The van der Waals surface area contributed by atoms with Crippen molar-refractivity contribution in [2.45, 2.75) is 57.4 Å². The van der Waals surface area contributed by atoms with Crippen molar-refractivity contribution in [3.63, 3.8) is 0 Å². The molecule has 1 aliphatic heterocycles. The molecule has 0 aromatic rings. The first-order chi connectivity index (χ1) is 9.27. The molecular weight excluding hydrogens is 301 g/mol. The van der Waals surface area contributed by atoms with E-state index >= 15 is 0 Å². The number of hydrogen-bond acceptors (Lipinski definition) is 3. The Hall–Kier alpha value is -1.41. The average Bonchev–Trinajstić information content (AvgIpc) is 2.72. The Balaban J connectivity index is 2.92. The van der Waals surface area contributed by atoms with Crippen LogP contribution in [0.1, 0.15) is 33.6 Å². The van der Waals surface area contributed by atoms with Crippen molar-refractivity contribution >= 4 is 11.9 Å². The number of amides is 1. The van der Waals surface area contributed by atoms with Crippen molar-refractivity contribution in [2.24, 2.45) is 0 Å². The van der Waals surface area contributed by atoms with Crippen molar-refractivity contribution in [3.8, 4) is 0 Å². The van der Waals surface area contributed by atoms with Gasteiger partial charge in [0, 0.05) is 6.54 Å². The summed E-state index contributed by atoms with van der Waals surface area (Å²) in [6, 6.07) is -1.41. The molecule has 4 nitrogen and oxygen atoms in total. The van der Waals surface area contributed by atoms with E-state index in [0.29, 0.717) is 0 Å². The van der Waals surface area contributed by atoms with Gasteiger partial charge in [-0.25, -0.2) is 4.79 Å². The molecule has 0 aromatic carbocycles. The molecule has 0 aromatic heterocycles. The van der Waals surface area contributed by atoms with Gasteiger partial charge < -0.3 is 9.64 Å². The highest BCUT2D eigenvalue weighted by atomic mass is 19.4. The lowest BCUT2D eigenvalue weighted by Crippen LogP contribution is -2.55. The monoisotopic (exact) mass is 317 g/mol. The molecule has 0 bridgehead atoms. The van der Waals surface area contributed by atoms with E-state index < -0.39 is 35.6 Å². The fraction of sp³-hybridized carbons (Fsp3) is 0.833. The molecule has 21 heavy (non-hydrogen) atoms. The van der Waals surface area contributed by atoms with Crippen molar-refractivity contribution in [2.75, 3.05) is 6.54 Å². The van der Waals surface area contributed by atoms with Crippen LogP contribution in [-0.4, -0.2) is 47.1 Å². The summed E-state index contributed by atoms with van der Waals surface area (Å²) in [5, 5.41) is 0. The molecule has 0 aliphatic carbocycles. The van der Waals surface area contributed by atoms with E-state index in [-0.39, 0.29) is 24.3 Å². The summed E-state index contributed by atoms with van der Waals surface area (Å²) in [5.74, 6) is -8.91. The summed E-state index contributed by atoms with van der Waals surface area (Å²) >= 11 is 0. The van der Waals surface area contributed by atoms with Crippen LogP contribution in [0.25, 0.3) is 0 Å². The molecule has 0 N–H and O–H groups in total. The normalized spacial score (nSPS) is 20.6. The van der Waals surface area contributed by atoms with E-state index in [0.717, 1.165) is 0 Å². The molecular formula is C12H16F5NO3. The number of hydrogen-bond donors (Lipinski definition) is 0. The maximum Gasteiger partial charge on any atom is 0.463 e. The molecule has 0 spiro atoms. The molecule has 1 amide bonds. The van der Waals surface area contributed by atoms with Crippen LogP contribution in [0.15, 0.2) is 0 Å². The van der Waals surface area contributed by atoms with Crippen molar-refractivity contribution in [3.05, 3.63) is 0 Å². The first-order valence-electron chi connectivity index (χ1n) is 6.26. The van der Waals surface area contributed by atoms with Crippen LogP contribution in [0, 0.1) is 0 Å². The predicted molar refractivity (Wildman–Crippen MR) is 61.6 cm³/mol. The second kappa shape index (κ2) is 5.42. The fourth-order valence-corrected chi connectivity index (χ4v) is 1.93. The standard InChI is InChI=1S/C12H16F5NO3/c1-10(2,3)21-8(19)7-5-4-6-18(7)9(20)11(13,14)12(15,16)17/h7H,4-6H2,1-3H3/t7-/m0/s1. The Labute approximate surface area is 118 Å². The number of nitrogens with zero attached hydrogens (tertiary/aromatic N) is 1. The Bertz CT molecular complexity index is 428. The van der Waals surface area contributed by atoms with E-state index in [9.17, 15) is 31.5 Å². The van der Waals surface area contributed by atoms with Crippen molar-refractivity contribution < 1.29 is 36.3 Å². The molecule has 0 radical (unpaired) electrons. The first kappa shape index (κ1) is 17.6. The number of carbonyl (C=O) groups excluding carboxylic acids is 2. The van der Waals surface area contributed by atoms with Gasteiger partial charge in [0.1, 0.15) is 11.6 Å². The summed E-state index contributed by atoms with van der Waals surface area (Å²) < 4.78 is 67.8. The average molecular weight is 317 g/mol. The Morgan fingerprint density at radius 2 is 1.62 bits per heavy atom. The number of esters is 1. The van der Waals surface area contributed by atoms with Gasteiger partial charge in [-0.3, -0.25) is 4.79 Å². The molecule has 9 heteroatoms. The van der Waals surface area contributed by atoms with E-state index in [1.54, 1.807) is 0 Å². The van der Waals surface area contributed by atoms with Crippen LogP contribution in [0.5, 0.6) is 0 Å². The summed E-state index contributed by atoms with van der Waals surface area (Å²) in [6.07, 6.45) is -5.84. The molecule has 122 valence electrons. The Morgan fingerprint density at radius 1 is 1.10 bits per heavy atom. The second-order valence-electron chi connectivity index (χ2n) is 5.76. The number of alkyl halides is 5. The summed E-state index contributed by atoms with van der Waals surface area (Å²) in [6.45, 7) is 4.23. The number of halogens is 5. The molecule has 0 saturated carbocycles. The Morgan fingerprint density at radius 3 is 2.05 bits per heavy atom. The van der Waals surface area contributed by atoms with Gasteiger partial charge in [-0.05, 0) is 33.6 Å². The van der Waals surface area contributed by atoms with Gasteiger partial charge in [-0.15, -0.1) is 0 Å². The summed E-state index contributed by atoms with van der Waals surface area (Å²) in [4.78, 5) is 23.5. The van der Waals surface area contributed by atoms with Gasteiger partial charge in [0.05, 0.1) is 0 Å². The highest BCUT2D eigenvalue weighted by molar-refractivity contribution is 5.89. The molecule has 1 fully saturated rings. The first-order valence-corrected chi connectivity index (χ1v) is 6.26. The van der Waals surface area contributed by atoms with Gasteiger partial charge >= 0.3 is 24.0 Å². The summed E-state index contributed by atoms with van der Waals surface area (Å²) in [7, 11) is 0. The number of likely N-dealkylation sites (tertiary alicyclic amines) is 1. The largest absolute Gasteiger partial charge is 0.463 e. The highest BCUT2D eigenvalue weighted by Crippen LogP contribution is 2.38. The molecule has 0 unspecified atom stereocenters. The lowest BCUT2D eigenvalue weighted by Gasteiger charge is -2.30. The van der Waals surface area contributed by atoms with Gasteiger partial charge in [0.15, 0.2) is 0 Å². The van der Waals surface area contributed by atoms with E-state index in [2.05, 4.69) is 0 Å². The molecule has 1 aliphatic rings. The maximum atomic E-state index is 13.1. The molecule has 1 atom stereocenters. The highest BCUT2D eigenvalue weighted by Gasteiger charge is 2.65. The van der Waals surface area contributed by atoms with Crippen molar-refractivity contribution in [1.82, 2.24) is 4.90 Å². The lowest BCUT2D eigenvalue weighted by molar-refractivity contribution is -0.274. The van der Waals surface area contributed by atoms with E-state index in [4.69, 9.17) is 4.74 Å². The third kappa shape index (κ3) is 3.82. The number of ether oxygens (including phenoxy) is 1. The minimum atomic E-state index is -5.99. The van der Waals surface area contributed by atoms with Crippen LogP contribution in [0.4, 0.5) is 22.0 Å².